The molecule has 1 saturated heterocycles. The Hall–Kier alpha value is -1.78. The lowest BCUT2D eigenvalue weighted by Crippen LogP contribution is -2.41. The number of nitrogens with one attached hydrogen (secondary N) is 1. The van der Waals surface area contributed by atoms with Crippen molar-refractivity contribution >= 4 is 11.6 Å². The van der Waals surface area contributed by atoms with Gasteiger partial charge in [0.15, 0.2) is 11.5 Å². The molecule has 0 saturated carbocycles. The lowest BCUT2D eigenvalue weighted by molar-refractivity contribution is 0.253. The van der Waals surface area contributed by atoms with E-state index in [0.29, 0.717) is 17.8 Å². The minimum Gasteiger partial charge on any atom is -0.504 e. The van der Waals surface area contributed by atoms with Crippen molar-refractivity contribution < 1.29 is 10.2 Å². The van der Waals surface area contributed by atoms with Crippen molar-refractivity contribution in [3.8, 4) is 11.5 Å². The van der Waals surface area contributed by atoms with Gasteiger partial charge in [0.1, 0.15) is 0 Å². The van der Waals surface area contributed by atoms with E-state index in [4.69, 9.17) is 11.6 Å². The molecule has 3 unspecified atom stereocenters. The van der Waals surface area contributed by atoms with Crippen LogP contribution in [0.2, 0.25) is 5.02 Å². The molecule has 0 amide bonds. The number of benzene rings is 1. The largest absolute Gasteiger partial charge is 0.504 e. The van der Waals surface area contributed by atoms with Crippen LogP contribution in [0, 0.1) is 5.92 Å². The topological polar surface area (TPSA) is 65.4 Å². The van der Waals surface area contributed by atoms with Crippen LogP contribution >= 0.6 is 11.6 Å². The Kier molecular flexibility index (Phi) is 3.66. The molecule has 0 spiro atoms. The molecule has 0 radical (unpaired) electrons. The molecular formula is C18H19ClN2O2. The molecule has 2 aromatic rings. The van der Waals surface area contributed by atoms with Crippen LogP contribution < -0.4 is 5.32 Å². The SMILES string of the molecule is Oc1c(Cl)cc2c(c1O)CC(c1ccncc1)C1CCNCC21. The second-order valence-corrected chi connectivity index (χ2v) is 6.88. The van der Waals surface area contributed by atoms with Gasteiger partial charge in [-0.3, -0.25) is 4.98 Å². The smallest absolute Gasteiger partial charge is 0.176 e. The van der Waals surface area contributed by atoms with Gasteiger partial charge in [-0.15, -0.1) is 0 Å². The lowest BCUT2D eigenvalue weighted by Gasteiger charge is -2.43. The first kappa shape index (κ1) is 14.8. The molecule has 3 N–H and O–H groups in total. The normalized spacial score (nSPS) is 26.4. The van der Waals surface area contributed by atoms with Crippen molar-refractivity contribution in [2.75, 3.05) is 13.1 Å². The minimum atomic E-state index is -0.207. The van der Waals surface area contributed by atoms with Crippen molar-refractivity contribution in [3.05, 3.63) is 52.3 Å². The summed E-state index contributed by atoms with van der Waals surface area (Å²) in [4.78, 5) is 4.11. The van der Waals surface area contributed by atoms with Gasteiger partial charge in [-0.25, -0.2) is 0 Å². The summed E-state index contributed by atoms with van der Waals surface area (Å²) in [6.07, 6.45) is 5.45. The van der Waals surface area contributed by atoms with Crippen molar-refractivity contribution in [1.29, 1.82) is 0 Å². The van der Waals surface area contributed by atoms with Crippen LogP contribution in [-0.2, 0) is 6.42 Å². The monoisotopic (exact) mass is 330 g/mol. The van der Waals surface area contributed by atoms with Gasteiger partial charge >= 0.3 is 0 Å². The van der Waals surface area contributed by atoms with E-state index in [-0.39, 0.29) is 16.5 Å². The zero-order valence-electron chi connectivity index (χ0n) is 12.7. The Morgan fingerprint density at radius 2 is 1.91 bits per heavy atom. The van der Waals surface area contributed by atoms with Crippen molar-refractivity contribution in [2.24, 2.45) is 5.92 Å². The average Bonchev–Trinajstić information content (AvgIpc) is 2.60. The molecule has 4 rings (SSSR count). The molecule has 1 aliphatic heterocycles. The molecule has 3 atom stereocenters. The first-order valence-electron chi connectivity index (χ1n) is 8.00. The number of phenolic OH excluding ortho intramolecular Hbond substituents is 2. The predicted molar refractivity (Wildman–Crippen MR) is 89.2 cm³/mol. The molecule has 2 heterocycles. The second-order valence-electron chi connectivity index (χ2n) is 6.48. The maximum absolute atomic E-state index is 10.4. The summed E-state index contributed by atoms with van der Waals surface area (Å²) in [6, 6.07) is 5.95. The molecule has 4 nitrogen and oxygen atoms in total. The number of nitrogens with zero attached hydrogens (tertiary/aromatic N) is 1. The summed E-state index contributed by atoms with van der Waals surface area (Å²) in [5.41, 5.74) is 3.16. The number of fused-ring (bicyclic) bond motifs is 3. The Morgan fingerprint density at radius 3 is 2.70 bits per heavy atom. The third-order valence-corrected chi connectivity index (χ3v) is 5.67. The standard InChI is InChI=1S/C18H19ClN2O2/c19-16-8-13-14(17(22)18(16)23)7-12(10-1-4-20-5-2-10)11-3-6-21-9-15(11)13/h1-2,4-5,8,11-12,15,21-23H,3,6-7,9H2. The summed E-state index contributed by atoms with van der Waals surface area (Å²) >= 11 is 6.10. The van der Waals surface area contributed by atoms with Crippen LogP contribution in [0.3, 0.4) is 0 Å². The van der Waals surface area contributed by atoms with E-state index in [1.54, 1.807) is 0 Å². The van der Waals surface area contributed by atoms with E-state index in [2.05, 4.69) is 22.4 Å². The van der Waals surface area contributed by atoms with E-state index in [9.17, 15) is 10.2 Å². The number of hydrogen-bond acceptors (Lipinski definition) is 4. The van der Waals surface area contributed by atoms with Gasteiger partial charge in [0.25, 0.3) is 0 Å². The van der Waals surface area contributed by atoms with E-state index < -0.39 is 0 Å². The molecule has 120 valence electrons. The van der Waals surface area contributed by atoms with Crippen LogP contribution in [0.15, 0.2) is 30.6 Å². The fraction of sp³-hybridized carbons (Fsp3) is 0.389. The van der Waals surface area contributed by atoms with Crippen LogP contribution in [-0.4, -0.2) is 28.3 Å². The van der Waals surface area contributed by atoms with Gasteiger partial charge in [0.2, 0.25) is 0 Å². The highest BCUT2D eigenvalue weighted by Crippen LogP contribution is 2.52. The number of piperidine rings is 1. The zero-order chi connectivity index (χ0) is 16.0. The molecule has 23 heavy (non-hydrogen) atoms. The number of halogens is 1. The van der Waals surface area contributed by atoms with Crippen molar-refractivity contribution in [2.45, 2.75) is 24.7 Å². The van der Waals surface area contributed by atoms with E-state index >= 15 is 0 Å². The van der Waals surface area contributed by atoms with E-state index in [0.717, 1.165) is 37.1 Å². The zero-order valence-corrected chi connectivity index (χ0v) is 13.4. The summed E-state index contributed by atoms with van der Waals surface area (Å²) in [5, 5.41) is 24.1. The van der Waals surface area contributed by atoms with E-state index in [1.165, 1.54) is 5.56 Å². The van der Waals surface area contributed by atoms with Gasteiger partial charge in [0.05, 0.1) is 5.02 Å². The summed E-state index contributed by atoms with van der Waals surface area (Å²) in [6.45, 7) is 1.88. The molecule has 1 fully saturated rings. The van der Waals surface area contributed by atoms with Gasteiger partial charge in [0, 0.05) is 30.4 Å². The van der Waals surface area contributed by atoms with Gasteiger partial charge in [-0.05, 0) is 60.5 Å². The van der Waals surface area contributed by atoms with Gasteiger partial charge in [-0.2, -0.15) is 0 Å². The lowest BCUT2D eigenvalue weighted by atomic mass is 9.64. The summed E-state index contributed by atoms with van der Waals surface area (Å²) < 4.78 is 0. The van der Waals surface area contributed by atoms with Gasteiger partial charge < -0.3 is 15.5 Å². The number of aromatic hydroxyl groups is 2. The predicted octanol–water partition coefficient (Wildman–Crippen LogP) is 3.18. The maximum atomic E-state index is 10.4. The summed E-state index contributed by atoms with van der Waals surface area (Å²) in [5.74, 6) is 0.863. The highest BCUT2D eigenvalue weighted by molar-refractivity contribution is 6.32. The molecule has 1 aromatic carbocycles. The number of pyridine rings is 1. The molecule has 0 bridgehead atoms. The number of phenols is 2. The quantitative estimate of drug-likeness (QED) is 0.703. The van der Waals surface area contributed by atoms with Crippen LogP contribution in [0.5, 0.6) is 11.5 Å². The highest BCUT2D eigenvalue weighted by Gasteiger charge is 2.40. The van der Waals surface area contributed by atoms with Crippen LogP contribution in [0.25, 0.3) is 0 Å². The third-order valence-electron chi connectivity index (χ3n) is 5.38. The maximum Gasteiger partial charge on any atom is 0.176 e. The van der Waals surface area contributed by atoms with E-state index in [1.807, 2.05) is 18.5 Å². The fourth-order valence-corrected chi connectivity index (χ4v) is 4.49. The molecular weight excluding hydrogens is 312 g/mol. The number of rotatable bonds is 1. The Morgan fingerprint density at radius 1 is 1.13 bits per heavy atom. The van der Waals surface area contributed by atoms with Gasteiger partial charge in [-0.1, -0.05) is 11.6 Å². The average molecular weight is 331 g/mol. The number of aromatic nitrogens is 1. The number of hydrogen-bond donors (Lipinski definition) is 3. The van der Waals surface area contributed by atoms with Crippen molar-refractivity contribution in [1.82, 2.24) is 10.3 Å². The third kappa shape index (κ3) is 2.37. The Labute approximate surface area is 140 Å². The Bertz CT molecular complexity index is 736. The van der Waals surface area contributed by atoms with Crippen LogP contribution in [0.1, 0.15) is 34.9 Å². The van der Waals surface area contributed by atoms with Crippen LogP contribution in [0.4, 0.5) is 0 Å². The first-order valence-corrected chi connectivity index (χ1v) is 8.38. The highest BCUT2D eigenvalue weighted by atomic mass is 35.5. The fourth-order valence-electron chi connectivity index (χ4n) is 4.28. The second kappa shape index (κ2) is 5.69. The Balaban J connectivity index is 1.85. The van der Waals surface area contributed by atoms with Crippen molar-refractivity contribution in [3.63, 3.8) is 0 Å². The molecule has 1 aliphatic carbocycles. The first-order chi connectivity index (χ1) is 11.2. The molecule has 5 heteroatoms. The molecule has 1 aromatic heterocycles. The minimum absolute atomic E-state index is 0.0596. The summed E-state index contributed by atoms with van der Waals surface area (Å²) in [7, 11) is 0. The molecule has 2 aliphatic rings.